The normalized spacial score (nSPS) is 30.6. The highest BCUT2D eigenvalue weighted by Crippen LogP contribution is 2.38. The fourth-order valence-corrected chi connectivity index (χ4v) is 3.39. The van der Waals surface area contributed by atoms with Crippen molar-refractivity contribution in [3.8, 4) is 0 Å². The highest BCUT2D eigenvalue weighted by molar-refractivity contribution is 5.95. The second-order valence-electron chi connectivity index (χ2n) is 5.59. The summed E-state index contributed by atoms with van der Waals surface area (Å²) in [7, 11) is 0. The van der Waals surface area contributed by atoms with Gasteiger partial charge in [0, 0.05) is 24.6 Å². The largest absolute Gasteiger partial charge is 0.393 e. The van der Waals surface area contributed by atoms with E-state index < -0.39 is 0 Å². The lowest BCUT2D eigenvalue weighted by molar-refractivity contribution is 0.0751. The van der Waals surface area contributed by atoms with Crippen LogP contribution in [0, 0.1) is 18.8 Å². The number of carbonyl (C=O) groups is 1. The highest BCUT2D eigenvalue weighted by Gasteiger charge is 2.43. The van der Waals surface area contributed by atoms with Crippen LogP contribution in [-0.4, -0.2) is 35.1 Å². The highest BCUT2D eigenvalue weighted by atomic mass is 16.3. The van der Waals surface area contributed by atoms with Gasteiger partial charge in [0.15, 0.2) is 0 Å². The SMILES string of the molecule is Cc1ccccc1C(=O)N1CC2CCC(O)C2C1. The van der Waals surface area contributed by atoms with Crippen LogP contribution in [-0.2, 0) is 0 Å². The smallest absolute Gasteiger partial charge is 0.254 e. The first-order valence-electron chi connectivity index (χ1n) is 6.70. The Labute approximate surface area is 107 Å². The number of aryl methyl sites for hydroxylation is 1. The van der Waals surface area contributed by atoms with Crippen molar-refractivity contribution in [2.45, 2.75) is 25.9 Å². The van der Waals surface area contributed by atoms with Crippen LogP contribution in [0.2, 0.25) is 0 Å². The molecule has 18 heavy (non-hydrogen) atoms. The number of carbonyl (C=O) groups excluding carboxylic acids is 1. The van der Waals surface area contributed by atoms with E-state index in [4.69, 9.17) is 0 Å². The van der Waals surface area contributed by atoms with E-state index in [0.717, 1.165) is 37.1 Å². The van der Waals surface area contributed by atoms with Gasteiger partial charge in [-0.3, -0.25) is 4.79 Å². The third-order valence-electron chi connectivity index (χ3n) is 4.48. The first kappa shape index (κ1) is 11.7. The van der Waals surface area contributed by atoms with E-state index in [1.165, 1.54) is 0 Å². The third kappa shape index (κ3) is 1.83. The third-order valence-corrected chi connectivity index (χ3v) is 4.48. The number of aliphatic hydroxyl groups excluding tert-OH is 1. The lowest BCUT2D eigenvalue weighted by Crippen LogP contribution is -2.31. The molecule has 3 rings (SSSR count). The van der Waals surface area contributed by atoms with Gasteiger partial charge in [-0.25, -0.2) is 0 Å². The summed E-state index contributed by atoms with van der Waals surface area (Å²) in [6, 6.07) is 7.72. The molecule has 2 fully saturated rings. The number of fused-ring (bicyclic) bond motifs is 1. The van der Waals surface area contributed by atoms with Gasteiger partial charge in [0.1, 0.15) is 0 Å². The minimum atomic E-state index is -0.204. The van der Waals surface area contributed by atoms with Gasteiger partial charge in [-0.1, -0.05) is 18.2 Å². The van der Waals surface area contributed by atoms with E-state index in [0.29, 0.717) is 11.8 Å². The molecule has 96 valence electrons. The van der Waals surface area contributed by atoms with Crippen molar-refractivity contribution in [1.29, 1.82) is 0 Å². The molecule has 0 bridgehead atoms. The molecule has 1 aliphatic heterocycles. The lowest BCUT2D eigenvalue weighted by atomic mass is 10.00. The Hall–Kier alpha value is -1.35. The van der Waals surface area contributed by atoms with Crippen molar-refractivity contribution in [1.82, 2.24) is 4.90 Å². The molecule has 1 aromatic carbocycles. The van der Waals surface area contributed by atoms with Crippen LogP contribution in [0.25, 0.3) is 0 Å². The van der Waals surface area contributed by atoms with Gasteiger partial charge in [0.25, 0.3) is 5.91 Å². The van der Waals surface area contributed by atoms with Crippen molar-refractivity contribution < 1.29 is 9.90 Å². The maximum atomic E-state index is 12.4. The molecule has 0 radical (unpaired) electrons. The number of likely N-dealkylation sites (tertiary alicyclic amines) is 1. The molecule has 1 amide bonds. The topological polar surface area (TPSA) is 40.5 Å². The van der Waals surface area contributed by atoms with Gasteiger partial charge in [0.05, 0.1) is 6.10 Å². The van der Waals surface area contributed by atoms with Crippen molar-refractivity contribution >= 4 is 5.91 Å². The Balaban J connectivity index is 1.78. The number of hydrogen-bond donors (Lipinski definition) is 1. The van der Waals surface area contributed by atoms with Crippen molar-refractivity contribution in [2.24, 2.45) is 11.8 Å². The van der Waals surface area contributed by atoms with Crippen LogP contribution in [0.15, 0.2) is 24.3 Å². The van der Waals surface area contributed by atoms with Gasteiger partial charge in [-0.15, -0.1) is 0 Å². The molecule has 3 heteroatoms. The molecule has 1 saturated heterocycles. The van der Waals surface area contributed by atoms with Crippen molar-refractivity contribution in [3.63, 3.8) is 0 Å². The van der Waals surface area contributed by atoms with Gasteiger partial charge in [0.2, 0.25) is 0 Å². The first-order chi connectivity index (χ1) is 8.66. The van der Waals surface area contributed by atoms with Crippen LogP contribution < -0.4 is 0 Å². The fraction of sp³-hybridized carbons (Fsp3) is 0.533. The van der Waals surface area contributed by atoms with Gasteiger partial charge in [-0.2, -0.15) is 0 Å². The van der Waals surface area contributed by atoms with Crippen molar-refractivity contribution in [2.75, 3.05) is 13.1 Å². The van der Waals surface area contributed by atoms with E-state index in [9.17, 15) is 9.90 Å². The molecule has 1 aromatic rings. The number of amides is 1. The summed E-state index contributed by atoms with van der Waals surface area (Å²) >= 11 is 0. The summed E-state index contributed by atoms with van der Waals surface area (Å²) in [4.78, 5) is 14.4. The zero-order chi connectivity index (χ0) is 12.7. The predicted molar refractivity (Wildman–Crippen MR) is 69.3 cm³/mol. The Kier molecular flexibility index (Phi) is 2.86. The minimum Gasteiger partial charge on any atom is -0.393 e. The number of hydrogen-bond acceptors (Lipinski definition) is 2. The summed E-state index contributed by atoms with van der Waals surface area (Å²) in [6.45, 7) is 3.51. The number of benzene rings is 1. The Morgan fingerprint density at radius 2 is 2.06 bits per heavy atom. The standard InChI is InChI=1S/C15H19NO2/c1-10-4-2-3-5-12(10)15(18)16-8-11-6-7-14(17)13(11)9-16/h2-5,11,13-14,17H,6-9H2,1H3. The molecular formula is C15H19NO2. The Morgan fingerprint density at radius 1 is 1.28 bits per heavy atom. The minimum absolute atomic E-state index is 0.120. The summed E-state index contributed by atoms with van der Waals surface area (Å²) in [5.41, 5.74) is 1.83. The van der Waals surface area contributed by atoms with Gasteiger partial charge < -0.3 is 10.0 Å². The maximum absolute atomic E-state index is 12.4. The molecule has 1 aliphatic carbocycles. The summed E-state index contributed by atoms with van der Waals surface area (Å²) in [5, 5.41) is 9.89. The monoisotopic (exact) mass is 245 g/mol. The zero-order valence-electron chi connectivity index (χ0n) is 10.7. The van der Waals surface area contributed by atoms with E-state index in [2.05, 4.69) is 0 Å². The summed E-state index contributed by atoms with van der Waals surface area (Å²) < 4.78 is 0. The lowest BCUT2D eigenvalue weighted by Gasteiger charge is -2.19. The van der Waals surface area contributed by atoms with Gasteiger partial charge in [-0.05, 0) is 37.3 Å². The Morgan fingerprint density at radius 3 is 2.78 bits per heavy atom. The van der Waals surface area contributed by atoms with Crippen LogP contribution in [0.3, 0.4) is 0 Å². The zero-order valence-corrected chi connectivity index (χ0v) is 10.7. The fourth-order valence-electron chi connectivity index (χ4n) is 3.39. The Bertz CT molecular complexity index is 471. The molecule has 1 N–H and O–H groups in total. The van der Waals surface area contributed by atoms with Gasteiger partial charge >= 0.3 is 0 Å². The molecule has 3 atom stereocenters. The summed E-state index contributed by atoms with van der Waals surface area (Å²) in [5.74, 6) is 0.931. The van der Waals surface area contributed by atoms with E-state index in [1.54, 1.807) is 0 Å². The second kappa shape index (κ2) is 4.39. The van der Waals surface area contributed by atoms with E-state index in [-0.39, 0.29) is 12.0 Å². The molecule has 3 nitrogen and oxygen atoms in total. The molecule has 0 spiro atoms. The number of rotatable bonds is 1. The molecule has 1 saturated carbocycles. The van der Waals surface area contributed by atoms with Crippen LogP contribution in [0.1, 0.15) is 28.8 Å². The second-order valence-corrected chi connectivity index (χ2v) is 5.59. The number of aliphatic hydroxyl groups is 1. The van der Waals surface area contributed by atoms with E-state index in [1.807, 2.05) is 36.1 Å². The molecule has 0 aromatic heterocycles. The van der Waals surface area contributed by atoms with E-state index >= 15 is 0 Å². The molecule has 1 heterocycles. The van der Waals surface area contributed by atoms with Crippen LogP contribution >= 0.6 is 0 Å². The average Bonchev–Trinajstić information content (AvgIpc) is 2.92. The predicted octanol–water partition coefficient (Wildman–Crippen LogP) is 1.84. The molecule has 2 aliphatic rings. The van der Waals surface area contributed by atoms with Crippen LogP contribution in [0.4, 0.5) is 0 Å². The van der Waals surface area contributed by atoms with Crippen LogP contribution in [0.5, 0.6) is 0 Å². The maximum Gasteiger partial charge on any atom is 0.254 e. The average molecular weight is 245 g/mol. The quantitative estimate of drug-likeness (QED) is 0.820. The summed E-state index contributed by atoms with van der Waals surface area (Å²) in [6.07, 6.45) is 1.76. The van der Waals surface area contributed by atoms with Crippen molar-refractivity contribution in [3.05, 3.63) is 35.4 Å². The first-order valence-corrected chi connectivity index (χ1v) is 6.70. The molecular weight excluding hydrogens is 226 g/mol. The molecule has 3 unspecified atom stereocenters. The number of nitrogens with zero attached hydrogens (tertiary/aromatic N) is 1.